The Morgan fingerprint density at radius 3 is 2.94 bits per heavy atom. The molecule has 1 aromatic rings. The van der Waals surface area contributed by atoms with Crippen LogP contribution in [0.2, 0.25) is 0 Å². The minimum Gasteiger partial charge on any atom is -0.476 e. The molecule has 0 amide bonds. The van der Waals surface area contributed by atoms with Crippen LogP contribution in [0.5, 0.6) is 5.88 Å². The predicted octanol–water partition coefficient (Wildman–Crippen LogP) is 0.0912. The van der Waals surface area contributed by atoms with Gasteiger partial charge in [-0.1, -0.05) is 0 Å². The average molecular weight is 223 g/mol. The first-order chi connectivity index (χ1) is 7.61. The molecule has 6 nitrogen and oxygen atoms in total. The van der Waals surface area contributed by atoms with E-state index in [4.69, 9.17) is 15.9 Å². The van der Waals surface area contributed by atoms with Gasteiger partial charge in [-0.05, 0) is 26.6 Å². The van der Waals surface area contributed by atoms with Crippen molar-refractivity contribution < 1.29 is 4.74 Å². The minimum atomic E-state index is -0.0579. The molecule has 0 saturated carbocycles. The molecule has 1 rings (SSSR count). The van der Waals surface area contributed by atoms with Gasteiger partial charge >= 0.3 is 0 Å². The Bertz CT molecular complexity index is 353. The highest BCUT2D eigenvalue weighted by molar-refractivity contribution is 5.96. The average Bonchev–Trinajstić information content (AvgIpc) is 2.24. The molecule has 0 bridgehead atoms. The van der Waals surface area contributed by atoms with E-state index in [0.717, 1.165) is 13.0 Å². The fraction of sp³-hybridized carbons (Fsp3) is 0.500. The van der Waals surface area contributed by atoms with Crippen LogP contribution in [0.25, 0.3) is 0 Å². The van der Waals surface area contributed by atoms with E-state index in [2.05, 4.69) is 15.1 Å². The van der Waals surface area contributed by atoms with Crippen molar-refractivity contribution in [3.63, 3.8) is 0 Å². The van der Waals surface area contributed by atoms with Crippen molar-refractivity contribution in [3.05, 3.63) is 17.8 Å². The first kappa shape index (κ1) is 12.4. The Morgan fingerprint density at radius 2 is 2.31 bits per heavy atom. The molecule has 1 aromatic heterocycles. The van der Waals surface area contributed by atoms with Crippen LogP contribution >= 0.6 is 0 Å². The molecule has 0 saturated heterocycles. The molecule has 0 fully saturated rings. The van der Waals surface area contributed by atoms with Crippen LogP contribution < -0.4 is 10.5 Å². The predicted molar refractivity (Wildman–Crippen MR) is 61.7 cm³/mol. The van der Waals surface area contributed by atoms with Crippen LogP contribution in [0.3, 0.4) is 0 Å². The number of nitrogens with zero attached hydrogens (tertiary/aromatic N) is 3. The zero-order chi connectivity index (χ0) is 12.0. The van der Waals surface area contributed by atoms with Gasteiger partial charge in [0.25, 0.3) is 0 Å². The summed E-state index contributed by atoms with van der Waals surface area (Å²) in [5, 5.41) is 14.9. The van der Waals surface area contributed by atoms with Gasteiger partial charge in [-0.25, -0.2) is 0 Å². The molecule has 0 spiro atoms. The van der Waals surface area contributed by atoms with Crippen LogP contribution in [0.15, 0.2) is 12.3 Å². The Kier molecular flexibility index (Phi) is 4.65. The van der Waals surface area contributed by atoms with E-state index in [9.17, 15) is 0 Å². The van der Waals surface area contributed by atoms with E-state index >= 15 is 0 Å². The summed E-state index contributed by atoms with van der Waals surface area (Å²) < 4.78 is 5.43. The fourth-order valence-electron chi connectivity index (χ4n) is 1.18. The van der Waals surface area contributed by atoms with Gasteiger partial charge in [0.15, 0.2) is 0 Å². The minimum absolute atomic E-state index is 0.0579. The maximum Gasteiger partial charge on any atom is 0.244 e. The lowest BCUT2D eigenvalue weighted by Crippen LogP contribution is -2.18. The van der Waals surface area contributed by atoms with Gasteiger partial charge < -0.3 is 15.4 Å². The van der Waals surface area contributed by atoms with Gasteiger partial charge in [0.1, 0.15) is 5.84 Å². The molecule has 0 aliphatic carbocycles. The Morgan fingerprint density at radius 1 is 1.56 bits per heavy atom. The number of nitrogen functional groups attached to an aromatic ring is 1. The summed E-state index contributed by atoms with van der Waals surface area (Å²) in [4.78, 5) is 2.08. The molecule has 1 heterocycles. The lowest BCUT2D eigenvalue weighted by atomic mass is 10.3. The van der Waals surface area contributed by atoms with E-state index in [1.165, 1.54) is 6.20 Å². The maximum absolute atomic E-state index is 7.35. The number of hydrogen-bond acceptors (Lipinski definition) is 5. The number of rotatable bonds is 6. The van der Waals surface area contributed by atoms with Gasteiger partial charge in [0.2, 0.25) is 5.88 Å². The molecule has 3 N–H and O–H groups in total. The van der Waals surface area contributed by atoms with Crippen molar-refractivity contribution >= 4 is 5.84 Å². The molecule has 6 heteroatoms. The second-order valence-corrected chi connectivity index (χ2v) is 3.67. The van der Waals surface area contributed by atoms with Crippen LogP contribution in [0, 0.1) is 5.41 Å². The molecule has 0 unspecified atom stereocenters. The van der Waals surface area contributed by atoms with Gasteiger partial charge in [0, 0.05) is 6.54 Å². The highest BCUT2D eigenvalue weighted by Crippen LogP contribution is 2.11. The number of aromatic nitrogens is 2. The SMILES string of the molecule is CN(C)CCCOc1nnccc1C(=N)N. The number of ether oxygens (including phenoxy) is 1. The lowest BCUT2D eigenvalue weighted by Gasteiger charge is -2.11. The van der Waals surface area contributed by atoms with Crippen LogP contribution in [-0.4, -0.2) is 48.2 Å². The molecular weight excluding hydrogens is 206 g/mol. The largest absolute Gasteiger partial charge is 0.476 e. The third kappa shape index (κ3) is 3.82. The van der Waals surface area contributed by atoms with E-state index in [-0.39, 0.29) is 5.84 Å². The first-order valence-corrected chi connectivity index (χ1v) is 5.05. The smallest absolute Gasteiger partial charge is 0.244 e. The van der Waals surface area contributed by atoms with Crippen LogP contribution in [0.4, 0.5) is 0 Å². The van der Waals surface area contributed by atoms with Crippen molar-refractivity contribution in [2.45, 2.75) is 6.42 Å². The van der Waals surface area contributed by atoms with Crippen molar-refractivity contribution in [3.8, 4) is 5.88 Å². The zero-order valence-electron chi connectivity index (χ0n) is 9.60. The Labute approximate surface area is 94.9 Å². The molecule has 0 aromatic carbocycles. The first-order valence-electron chi connectivity index (χ1n) is 5.05. The molecular formula is C10H17N5O. The van der Waals surface area contributed by atoms with Crippen molar-refractivity contribution in [2.24, 2.45) is 5.73 Å². The van der Waals surface area contributed by atoms with Gasteiger partial charge in [-0.15, -0.1) is 5.10 Å². The maximum atomic E-state index is 7.35. The second-order valence-electron chi connectivity index (χ2n) is 3.67. The monoisotopic (exact) mass is 223 g/mol. The van der Waals surface area contributed by atoms with Crippen molar-refractivity contribution in [1.29, 1.82) is 5.41 Å². The standard InChI is InChI=1S/C10H17N5O/c1-15(2)6-3-7-16-10-8(9(11)12)4-5-13-14-10/h4-5H,3,6-7H2,1-2H3,(H3,11,12). The van der Waals surface area contributed by atoms with E-state index in [1.807, 2.05) is 14.1 Å². The molecule has 0 aliphatic heterocycles. The lowest BCUT2D eigenvalue weighted by molar-refractivity contribution is 0.270. The normalized spacial score (nSPS) is 10.4. The van der Waals surface area contributed by atoms with Gasteiger partial charge in [0.05, 0.1) is 18.4 Å². The van der Waals surface area contributed by atoms with Crippen LogP contribution in [0.1, 0.15) is 12.0 Å². The molecule has 0 atom stereocenters. The Hall–Kier alpha value is -1.69. The number of amidine groups is 1. The topological polar surface area (TPSA) is 88.1 Å². The van der Waals surface area contributed by atoms with Gasteiger partial charge in [-0.3, -0.25) is 5.41 Å². The van der Waals surface area contributed by atoms with E-state index in [0.29, 0.717) is 18.1 Å². The summed E-state index contributed by atoms with van der Waals surface area (Å²) >= 11 is 0. The van der Waals surface area contributed by atoms with Crippen molar-refractivity contribution in [2.75, 3.05) is 27.2 Å². The summed E-state index contributed by atoms with van der Waals surface area (Å²) in [6.45, 7) is 1.48. The Balaban J connectivity index is 2.50. The molecule has 16 heavy (non-hydrogen) atoms. The summed E-state index contributed by atoms with van der Waals surface area (Å²) in [6, 6.07) is 1.62. The van der Waals surface area contributed by atoms with E-state index < -0.39 is 0 Å². The van der Waals surface area contributed by atoms with Gasteiger partial charge in [-0.2, -0.15) is 5.10 Å². The highest BCUT2D eigenvalue weighted by atomic mass is 16.5. The quantitative estimate of drug-likeness (QED) is 0.405. The van der Waals surface area contributed by atoms with Crippen LogP contribution in [-0.2, 0) is 0 Å². The highest BCUT2D eigenvalue weighted by Gasteiger charge is 2.07. The number of nitrogens with one attached hydrogen (secondary N) is 1. The number of hydrogen-bond donors (Lipinski definition) is 2. The summed E-state index contributed by atoms with van der Waals surface area (Å²) in [7, 11) is 4.01. The van der Waals surface area contributed by atoms with E-state index in [1.54, 1.807) is 6.07 Å². The summed E-state index contributed by atoms with van der Waals surface area (Å²) in [5.74, 6) is 0.270. The zero-order valence-corrected chi connectivity index (χ0v) is 9.60. The fourth-order valence-corrected chi connectivity index (χ4v) is 1.18. The third-order valence-corrected chi connectivity index (χ3v) is 1.97. The number of nitrogens with two attached hydrogens (primary N) is 1. The molecule has 0 radical (unpaired) electrons. The van der Waals surface area contributed by atoms with Crippen molar-refractivity contribution in [1.82, 2.24) is 15.1 Å². The summed E-state index contributed by atoms with van der Waals surface area (Å²) in [5.41, 5.74) is 5.88. The molecule has 88 valence electrons. The summed E-state index contributed by atoms with van der Waals surface area (Å²) in [6.07, 6.45) is 2.38. The molecule has 0 aliphatic rings. The second kappa shape index (κ2) is 6.02. The third-order valence-electron chi connectivity index (χ3n) is 1.97.